The number of aromatic hydroxyl groups is 1. The summed E-state index contributed by atoms with van der Waals surface area (Å²) >= 11 is 0. The Hall–Kier alpha value is -1.30. The van der Waals surface area contributed by atoms with Crippen LogP contribution < -0.4 is 4.74 Å². The van der Waals surface area contributed by atoms with E-state index in [1.807, 2.05) is 13.2 Å². The number of hydrogen-bond acceptors (Lipinski definition) is 5. The predicted octanol–water partition coefficient (Wildman–Crippen LogP) is 4.66. The van der Waals surface area contributed by atoms with Gasteiger partial charge >= 0.3 is 0 Å². The lowest BCUT2D eigenvalue weighted by Gasteiger charge is -2.65. The van der Waals surface area contributed by atoms with Crippen LogP contribution in [0.1, 0.15) is 77.3 Å². The second kappa shape index (κ2) is 6.96. The molecular formula is C30H43NO4. The van der Waals surface area contributed by atoms with Gasteiger partial charge in [-0.05, 0) is 93.2 Å². The number of methoxy groups -OCH3 is 1. The Bertz CT molecular complexity index is 1060. The van der Waals surface area contributed by atoms with E-state index >= 15 is 0 Å². The number of nitrogens with zero attached hydrogens (tertiary/aromatic N) is 1. The minimum atomic E-state index is -0.811. The average Bonchev–Trinajstić information content (AvgIpc) is 3.58. The Labute approximate surface area is 210 Å². The van der Waals surface area contributed by atoms with E-state index in [0.717, 1.165) is 50.3 Å². The first-order valence-corrected chi connectivity index (χ1v) is 14.1. The summed E-state index contributed by atoms with van der Waals surface area (Å²) in [4.78, 5) is 2.84. The van der Waals surface area contributed by atoms with E-state index in [4.69, 9.17) is 9.47 Å². The molecule has 2 spiro atoms. The molecule has 0 aromatic heterocycles. The maximum absolute atomic E-state index is 12.2. The van der Waals surface area contributed by atoms with Crippen LogP contribution in [-0.4, -0.2) is 59.2 Å². The third kappa shape index (κ3) is 2.66. The molecule has 1 aromatic rings. The second-order valence-corrected chi connectivity index (χ2v) is 14.1. The Kier molecular flexibility index (Phi) is 4.55. The van der Waals surface area contributed by atoms with Crippen molar-refractivity contribution >= 4 is 0 Å². The van der Waals surface area contributed by atoms with Gasteiger partial charge in [-0.2, -0.15) is 0 Å². The summed E-state index contributed by atoms with van der Waals surface area (Å²) in [5.74, 6) is 2.26. The van der Waals surface area contributed by atoms with Crippen molar-refractivity contribution in [2.45, 2.75) is 102 Å². The summed E-state index contributed by atoms with van der Waals surface area (Å²) in [5, 5.41) is 23.2. The topological polar surface area (TPSA) is 62.2 Å². The number of rotatable bonds is 4. The Morgan fingerprint density at radius 1 is 1.14 bits per heavy atom. The van der Waals surface area contributed by atoms with Crippen LogP contribution in [0, 0.1) is 28.6 Å². The van der Waals surface area contributed by atoms with Crippen LogP contribution in [0.3, 0.4) is 0 Å². The lowest BCUT2D eigenvalue weighted by atomic mass is 9.43. The lowest BCUT2D eigenvalue weighted by Crippen LogP contribution is -2.70. The molecule has 0 radical (unpaired) electrons. The SMILES string of the molecule is COC1[C@@H]2CC[C@@]3(C[C@@H]2[C@](C)(O)C(C)(C)C)[C@H]2Cc4ccc(O)c5c4[C@@]3(CCN2CC2CC2)[C@H]1O5. The number of aliphatic hydroxyl groups is 1. The van der Waals surface area contributed by atoms with Crippen LogP contribution >= 0.6 is 0 Å². The molecule has 4 bridgehead atoms. The number of hydrogen-bond donors (Lipinski definition) is 2. The molecule has 5 fully saturated rings. The van der Waals surface area contributed by atoms with Gasteiger partial charge in [-0.25, -0.2) is 0 Å². The summed E-state index contributed by atoms with van der Waals surface area (Å²) in [6, 6.07) is 4.48. The summed E-state index contributed by atoms with van der Waals surface area (Å²) in [5.41, 5.74) is 1.50. The van der Waals surface area contributed by atoms with Crippen molar-refractivity contribution in [3.63, 3.8) is 0 Å². The molecule has 5 nitrogen and oxygen atoms in total. The van der Waals surface area contributed by atoms with Gasteiger partial charge < -0.3 is 19.7 Å². The Morgan fingerprint density at radius 3 is 2.60 bits per heavy atom. The molecule has 2 aliphatic heterocycles. The van der Waals surface area contributed by atoms with Crippen molar-refractivity contribution < 1.29 is 19.7 Å². The van der Waals surface area contributed by atoms with Gasteiger partial charge in [0.15, 0.2) is 11.5 Å². The molecule has 7 aliphatic rings. The Balaban J connectivity index is 1.47. The van der Waals surface area contributed by atoms with E-state index in [1.165, 1.54) is 30.5 Å². The third-order valence-electron chi connectivity index (χ3n) is 12.0. The number of likely N-dealkylation sites (tertiary alicyclic amines) is 1. The maximum Gasteiger partial charge on any atom is 0.165 e. The number of fused-ring (bicyclic) bond motifs is 2. The van der Waals surface area contributed by atoms with Crippen LogP contribution in [-0.2, 0) is 16.6 Å². The molecule has 5 aliphatic carbocycles. The summed E-state index contributed by atoms with van der Waals surface area (Å²) < 4.78 is 13.3. The van der Waals surface area contributed by atoms with Gasteiger partial charge in [-0.1, -0.05) is 26.8 Å². The maximum atomic E-state index is 12.2. The molecule has 5 heteroatoms. The molecule has 1 unspecified atom stereocenters. The van der Waals surface area contributed by atoms with Gasteiger partial charge in [-0.3, -0.25) is 4.90 Å². The highest BCUT2D eigenvalue weighted by Gasteiger charge is 2.76. The number of phenols is 1. The van der Waals surface area contributed by atoms with Crippen LogP contribution in [0.4, 0.5) is 0 Å². The molecule has 2 heterocycles. The number of benzene rings is 1. The number of ether oxygens (including phenoxy) is 2. The fourth-order valence-electron chi connectivity index (χ4n) is 9.73. The normalized spacial score (nSPS) is 43.3. The van der Waals surface area contributed by atoms with Crippen molar-refractivity contribution in [2.24, 2.45) is 28.6 Å². The molecule has 4 saturated carbocycles. The first-order valence-electron chi connectivity index (χ1n) is 14.1. The van der Waals surface area contributed by atoms with E-state index in [2.05, 4.69) is 38.7 Å². The summed E-state index contributed by atoms with van der Waals surface area (Å²) in [6.45, 7) is 11.0. The Morgan fingerprint density at radius 2 is 1.91 bits per heavy atom. The van der Waals surface area contributed by atoms with Gasteiger partial charge in [0, 0.05) is 36.1 Å². The molecule has 0 amide bonds. The molecule has 8 atom stereocenters. The zero-order valence-corrected chi connectivity index (χ0v) is 22.1. The van der Waals surface area contributed by atoms with Crippen molar-refractivity contribution in [3.05, 3.63) is 23.3 Å². The highest BCUT2D eigenvalue weighted by molar-refractivity contribution is 5.62. The highest BCUT2D eigenvalue weighted by atomic mass is 16.5. The quantitative estimate of drug-likeness (QED) is 0.655. The van der Waals surface area contributed by atoms with Gasteiger partial charge in [0.05, 0.1) is 11.7 Å². The van der Waals surface area contributed by atoms with E-state index in [0.29, 0.717) is 6.04 Å². The fraction of sp³-hybridized carbons (Fsp3) is 0.800. The molecule has 192 valence electrons. The highest BCUT2D eigenvalue weighted by Crippen LogP contribution is 2.74. The van der Waals surface area contributed by atoms with E-state index in [9.17, 15) is 10.2 Å². The van der Waals surface area contributed by atoms with Crippen molar-refractivity contribution in [2.75, 3.05) is 20.2 Å². The smallest absolute Gasteiger partial charge is 0.165 e. The second-order valence-electron chi connectivity index (χ2n) is 14.1. The van der Waals surface area contributed by atoms with Crippen LogP contribution in [0.5, 0.6) is 11.5 Å². The van der Waals surface area contributed by atoms with Gasteiger partial charge in [-0.15, -0.1) is 0 Å². The average molecular weight is 482 g/mol. The van der Waals surface area contributed by atoms with Crippen LogP contribution in [0.2, 0.25) is 0 Å². The molecule has 2 N–H and O–H groups in total. The molecular weight excluding hydrogens is 438 g/mol. The zero-order chi connectivity index (χ0) is 24.5. The van der Waals surface area contributed by atoms with Crippen molar-refractivity contribution in [1.82, 2.24) is 4.90 Å². The molecule has 35 heavy (non-hydrogen) atoms. The lowest BCUT2D eigenvalue weighted by molar-refractivity contribution is -0.166. The standard InChI is InChI=1S/C30H43NO4/c1-27(2,3)28(4,33)20-15-29-11-10-19(20)24(34-5)26-30(29)12-13-31(16-17-6-7-17)22(29)14-18-8-9-21(32)25(35-26)23(18)30/h8-9,17,19-20,22,24,26,32-33H,6-7,10-16H2,1-5H3/t19-,20+,22-,24?,26+,28+,29-,30+/m1/s1. The van der Waals surface area contributed by atoms with E-state index in [1.54, 1.807) is 0 Å². The zero-order valence-electron chi connectivity index (χ0n) is 22.1. The van der Waals surface area contributed by atoms with Crippen LogP contribution in [0.25, 0.3) is 0 Å². The van der Waals surface area contributed by atoms with Gasteiger partial charge in [0.1, 0.15) is 6.10 Å². The predicted molar refractivity (Wildman–Crippen MR) is 135 cm³/mol. The minimum absolute atomic E-state index is 0.0283. The van der Waals surface area contributed by atoms with E-state index < -0.39 is 5.60 Å². The van der Waals surface area contributed by atoms with Crippen molar-refractivity contribution in [3.8, 4) is 11.5 Å². The number of phenolic OH excluding ortho intramolecular Hbond substituents is 1. The number of piperidine rings is 1. The summed E-state index contributed by atoms with van der Waals surface area (Å²) in [7, 11) is 1.84. The monoisotopic (exact) mass is 481 g/mol. The van der Waals surface area contributed by atoms with Gasteiger partial charge in [0.2, 0.25) is 0 Å². The first kappa shape index (κ1) is 22.9. The van der Waals surface area contributed by atoms with E-state index in [-0.39, 0.29) is 46.0 Å². The van der Waals surface area contributed by atoms with Crippen LogP contribution in [0.15, 0.2) is 12.1 Å². The van der Waals surface area contributed by atoms with Gasteiger partial charge in [0.25, 0.3) is 0 Å². The molecule has 1 saturated heterocycles. The minimum Gasteiger partial charge on any atom is -0.504 e. The van der Waals surface area contributed by atoms with Crippen molar-refractivity contribution in [1.29, 1.82) is 0 Å². The molecule has 1 aromatic carbocycles. The molecule has 8 rings (SSSR count). The third-order valence-corrected chi connectivity index (χ3v) is 12.0. The fourth-order valence-corrected chi connectivity index (χ4v) is 9.73. The largest absolute Gasteiger partial charge is 0.504 e. The summed E-state index contributed by atoms with van der Waals surface area (Å²) in [6.07, 6.45) is 7.89. The first-order chi connectivity index (χ1) is 16.5.